The average molecular weight is 347 g/mol. The number of imidazole rings is 1. The summed E-state index contributed by atoms with van der Waals surface area (Å²) in [4.78, 5) is 44.0. The topological polar surface area (TPSA) is 87.5 Å². The molecule has 2 aliphatic rings. The maximum absolute atomic E-state index is 12.9. The number of hydrogen-bond donors (Lipinski definition) is 1. The van der Waals surface area contributed by atoms with Gasteiger partial charge in [-0.2, -0.15) is 0 Å². The van der Waals surface area contributed by atoms with Gasteiger partial charge in [-0.3, -0.25) is 14.4 Å². The van der Waals surface area contributed by atoms with Crippen molar-refractivity contribution in [2.24, 2.45) is 0 Å². The second-order valence-corrected chi connectivity index (χ2v) is 6.90. The van der Waals surface area contributed by atoms with Crippen LogP contribution in [0.15, 0.2) is 0 Å². The van der Waals surface area contributed by atoms with Crippen LogP contribution in [-0.4, -0.2) is 69.8 Å². The van der Waals surface area contributed by atoms with Gasteiger partial charge in [0.15, 0.2) is 5.82 Å². The summed E-state index contributed by atoms with van der Waals surface area (Å²) in [7, 11) is 0. The van der Waals surface area contributed by atoms with Gasteiger partial charge in [-0.25, -0.2) is 4.98 Å². The average Bonchev–Trinajstić information content (AvgIpc) is 3.00. The van der Waals surface area contributed by atoms with E-state index in [1.54, 1.807) is 9.80 Å². The molecule has 136 valence electrons. The second-order valence-electron chi connectivity index (χ2n) is 6.90. The minimum absolute atomic E-state index is 0.0135. The van der Waals surface area contributed by atoms with Crippen LogP contribution in [0.3, 0.4) is 0 Å². The molecule has 0 atom stereocenters. The molecule has 0 unspecified atom stereocenters. The van der Waals surface area contributed by atoms with Gasteiger partial charge in [-0.05, 0) is 33.1 Å². The maximum atomic E-state index is 12.9. The molecule has 1 aromatic rings. The first kappa shape index (κ1) is 17.4. The molecule has 3 heterocycles. The smallest absolute Gasteiger partial charge is 0.287 e. The Labute approximate surface area is 147 Å². The fourth-order valence-electron chi connectivity index (χ4n) is 3.39. The molecule has 0 bridgehead atoms. The monoisotopic (exact) mass is 347 g/mol. The summed E-state index contributed by atoms with van der Waals surface area (Å²) in [5.41, 5.74) is 1.26. The third kappa shape index (κ3) is 3.52. The van der Waals surface area contributed by atoms with Crippen molar-refractivity contribution in [2.45, 2.75) is 45.7 Å². The van der Waals surface area contributed by atoms with Crippen LogP contribution in [0, 0.1) is 0 Å². The Hall–Kier alpha value is -2.38. The lowest BCUT2D eigenvalue weighted by Gasteiger charge is -2.32. The number of nitrogens with one attached hydrogen (secondary N) is 1. The van der Waals surface area contributed by atoms with E-state index >= 15 is 0 Å². The first-order chi connectivity index (χ1) is 12.0. The van der Waals surface area contributed by atoms with Gasteiger partial charge in [-0.15, -0.1) is 0 Å². The van der Waals surface area contributed by atoms with Crippen LogP contribution in [0.25, 0.3) is 0 Å². The molecule has 3 amide bonds. The molecular formula is C17H25N5O3. The van der Waals surface area contributed by atoms with E-state index in [4.69, 9.17) is 0 Å². The molecule has 1 fully saturated rings. The molecule has 8 nitrogen and oxygen atoms in total. The Morgan fingerprint density at radius 2 is 1.84 bits per heavy atom. The third-order valence-corrected chi connectivity index (χ3v) is 4.69. The molecule has 0 radical (unpaired) electrons. The lowest BCUT2D eigenvalue weighted by molar-refractivity contribution is -0.119. The largest absolute Gasteiger partial charge is 0.347 e. The second kappa shape index (κ2) is 7.25. The van der Waals surface area contributed by atoms with Gasteiger partial charge in [0.2, 0.25) is 6.41 Å². The number of hydrogen-bond acceptors (Lipinski definition) is 4. The number of nitrogens with zero attached hydrogens (tertiary/aromatic N) is 4. The molecule has 1 aromatic heterocycles. The highest BCUT2D eigenvalue weighted by atomic mass is 16.2. The van der Waals surface area contributed by atoms with Crippen molar-refractivity contribution in [1.82, 2.24) is 24.7 Å². The van der Waals surface area contributed by atoms with Crippen LogP contribution in [0.1, 0.15) is 53.5 Å². The van der Waals surface area contributed by atoms with Crippen LogP contribution >= 0.6 is 0 Å². The van der Waals surface area contributed by atoms with Gasteiger partial charge in [-0.1, -0.05) is 0 Å². The number of aromatic nitrogens is 2. The Kier molecular flexibility index (Phi) is 5.06. The minimum atomic E-state index is -0.233. The Morgan fingerprint density at radius 3 is 2.48 bits per heavy atom. The van der Waals surface area contributed by atoms with Crippen molar-refractivity contribution >= 4 is 18.2 Å². The zero-order valence-electron chi connectivity index (χ0n) is 14.8. The molecule has 2 aliphatic heterocycles. The van der Waals surface area contributed by atoms with Crippen molar-refractivity contribution < 1.29 is 14.4 Å². The summed E-state index contributed by atoms with van der Waals surface area (Å²) in [5, 5.41) is 2.86. The maximum Gasteiger partial charge on any atom is 0.287 e. The molecule has 0 spiro atoms. The summed E-state index contributed by atoms with van der Waals surface area (Å²) in [6.07, 6.45) is 3.55. The first-order valence-corrected chi connectivity index (χ1v) is 8.90. The molecule has 25 heavy (non-hydrogen) atoms. The standard InChI is InChI=1S/C17H25N5O3/c1-12(2)18-16(24)15-19-14(13-5-3-4-6-22(13)15)17(25)21-9-7-20(11-23)8-10-21/h11-12H,3-10H2,1-2H3,(H,18,24). The minimum Gasteiger partial charge on any atom is -0.347 e. The third-order valence-electron chi connectivity index (χ3n) is 4.69. The zero-order chi connectivity index (χ0) is 18.0. The van der Waals surface area contributed by atoms with Gasteiger partial charge in [0.05, 0.1) is 5.69 Å². The molecule has 0 saturated carbocycles. The van der Waals surface area contributed by atoms with Gasteiger partial charge < -0.3 is 19.7 Å². The van der Waals surface area contributed by atoms with Crippen LogP contribution in [0.2, 0.25) is 0 Å². The fourth-order valence-corrected chi connectivity index (χ4v) is 3.39. The predicted octanol–water partition coefficient (Wildman–Crippen LogP) is 0.272. The number of carbonyl (C=O) groups is 3. The molecule has 8 heteroatoms. The lowest BCUT2D eigenvalue weighted by atomic mass is 10.1. The SMILES string of the molecule is CC(C)NC(=O)c1nc(C(=O)N2CCN(C=O)CC2)c2n1CCCC2. The van der Waals surface area contributed by atoms with Gasteiger partial charge in [0.1, 0.15) is 5.69 Å². The van der Waals surface area contributed by atoms with Crippen LogP contribution in [-0.2, 0) is 17.8 Å². The number of piperazine rings is 1. The van der Waals surface area contributed by atoms with E-state index in [9.17, 15) is 14.4 Å². The molecule has 3 rings (SSSR count). The van der Waals surface area contributed by atoms with E-state index in [1.807, 2.05) is 18.4 Å². The van der Waals surface area contributed by atoms with E-state index in [0.717, 1.165) is 37.9 Å². The molecule has 0 aliphatic carbocycles. The summed E-state index contributed by atoms with van der Waals surface area (Å²) < 4.78 is 1.90. The van der Waals surface area contributed by atoms with Crippen molar-refractivity contribution in [3.63, 3.8) is 0 Å². The van der Waals surface area contributed by atoms with E-state index in [1.165, 1.54) is 0 Å². The van der Waals surface area contributed by atoms with Crippen molar-refractivity contribution in [1.29, 1.82) is 0 Å². The predicted molar refractivity (Wildman–Crippen MR) is 91.3 cm³/mol. The van der Waals surface area contributed by atoms with Crippen LogP contribution < -0.4 is 5.32 Å². The van der Waals surface area contributed by atoms with Crippen LogP contribution in [0.4, 0.5) is 0 Å². The van der Waals surface area contributed by atoms with Crippen molar-refractivity contribution in [3.05, 3.63) is 17.2 Å². The first-order valence-electron chi connectivity index (χ1n) is 8.90. The summed E-state index contributed by atoms with van der Waals surface area (Å²) in [6.45, 7) is 6.58. The highest BCUT2D eigenvalue weighted by Crippen LogP contribution is 2.23. The summed E-state index contributed by atoms with van der Waals surface area (Å²) in [6, 6.07) is 0.0135. The molecule has 1 saturated heterocycles. The Bertz CT molecular complexity index is 674. The fraction of sp³-hybridized carbons (Fsp3) is 0.647. The Morgan fingerprint density at radius 1 is 1.12 bits per heavy atom. The highest BCUT2D eigenvalue weighted by molar-refractivity contribution is 5.97. The van der Waals surface area contributed by atoms with Gasteiger partial charge in [0, 0.05) is 38.8 Å². The van der Waals surface area contributed by atoms with E-state index in [-0.39, 0.29) is 17.9 Å². The van der Waals surface area contributed by atoms with Crippen molar-refractivity contribution in [2.75, 3.05) is 26.2 Å². The van der Waals surface area contributed by atoms with Gasteiger partial charge >= 0.3 is 0 Å². The summed E-state index contributed by atoms with van der Waals surface area (Å²) in [5.74, 6) is -0.0407. The number of rotatable bonds is 4. The van der Waals surface area contributed by atoms with Crippen LogP contribution in [0.5, 0.6) is 0 Å². The molecular weight excluding hydrogens is 322 g/mol. The number of carbonyl (C=O) groups excluding carboxylic acids is 3. The van der Waals surface area contributed by atoms with Gasteiger partial charge in [0.25, 0.3) is 11.8 Å². The lowest BCUT2D eigenvalue weighted by Crippen LogP contribution is -2.48. The van der Waals surface area contributed by atoms with E-state index in [0.29, 0.717) is 37.7 Å². The quantitative estimate of drug-likeness (QED) is 0.792. The number of amides is 3. The molecule has 0 aromatic carbocycles. The van der Waals surface area contributed by atoms with Crippen molar-refractivity contribution in [3.8, 4) is 0 Å². The highest BCUT2D eigenvalue weighted by Gasteiger charge is 2.31. The summed E-state index contributed by atoms with van der Waals surface area (Å²) >= 11 is 0. The normalized spacial score (nSPS) is 17.4. The zero-order valence-corrected chi connectivity index (χ0v) is 14.8. The van der Waals surface area contributed by atoms with E-state index in [2.05, 4.69) is 10.3 Å². The van der Waals surface area contributed by atoms with E-state index < -0.39 is 0 Å². The number of fused-ring (bicyclic) bond motifs is 1. The Balaban J connectivity index is 1.86. The molecule has 1 N–H and O–H groups in total.